The van der Waals surface area contributed by atoms with Gasteiger partial charge >= 0.3 is 0 Å². The van der Waals surface area contributed by atoms with Gasteiger partial charge in [0.05, 0.1) is 18.7 Å². The zero-order valence-corrected chi connectivity index (χ0v) is 17.8. The van der Waals surface area contributed by atoms with Crippen LogP contribution >= 0.6 is 11.3 Å². The maximum Gasteiger partial charge on any atom is 0.257 e. The van der Waals surface area contributed by atoms with Gasteiger partial charge in [-0.25, -0.2) is 0 Å². The van der Waals surface area contributed by atoms with Crippen LogP contribution in [0.1, 0.15) is 43.6 Å². The van der Waals surface area contributed by atoms with Gasteiger partial charge in [0.1, 0.15) is 5.00 Å². The largest absolute Gasteiger partial charge is 0.333 e. The molecule has 1 aromatic heterocycles. The molecule has 0 saturated carbocycles. The highest BCUT2D eigenvalue weighted by Crippen LogP contribution is 2.39. The maximum absolute atomic E-state index is 13.1. The number of hydrogen-bond acceptors (Lipinski definition) is 5. The molecule has 4 rings (SSSR count). The quantitative estimate of drug-likeness (QED) is 0.769. The molecule has 1 aromatic carbocycles. The number of amides is 4. The van der Waals surface area contributed by atoms with E-state index in [0.717, 1.165) is 16.0 Å². The van der Waals surface area contributed by atoms with Crippen molar-refractivity contribution >= 4 is 45.7 Å². The Morgan fingerprint density at radius 2 is 1.97 bits per heavy atom. The van der Waals surface area contributed by atoms with Crippen LogP contribution in [0.15, 0.2) is 18.2 Å². The summed E-state index contributed by atoms with van der Waals surface area (Å²) >= 11 is 1.37. The van der Waals surface area contributed by atoms with Gasteiger partial charge in [0.15, 0.2) is 0 Å². The lowest BCUT2D eigenvalue weighted by molar-refractivity contribution is -0.116. The summed E-state index contributed by atoms with van der Waals surface area (Å²) in [6.07, 6.45) is 0.561. The smallest absolute Gasteiger partial charge is 0.257 e. The summed E-state index contributed by atoms with van der Waals surface area (Å²) in [5, 5.41) is 6.14. The van der Waals surface area contributed by atoms with Crippen molar-refractivity contribution < 1.29 is 19.2 Å². The van der Waals surface area contributed by atoms with Crippen LogP contribution in [0.4, 0.5) is 10.7 Å². The number of nitrogens with zero attached hydrogens (tertiary/aromatic N) is 2. The second kappa shape index (κ2) is 7.56. The van der Waals surface area contributed by atoms with Crippen molar-refractivity contribution in [3.05, 3.63) is 45.3 Å². The summed E-state index contributed by atoms with van der Waals surface area (Å²) in [6.45, 7) is 4.21. The third kappa shape index (κ3) is 3.56. The predicted molar refractivity (Wildman–Crippen MR) is 114 cm³/mol. The zero-order valence-electron chi connectivity index (χ0n) is 17.0. The molecule has 8 nitrogen and oxygen atoms in total. The molecule has 3 heterocycles. The molecule has 2 aliphatic heterocycles. The fourth-order valence-corrected chi connectivity index (χ4v) is 5.12. The number of fused-ring (bicyclic) bond motifs is 3. The van der Waals surface area contributed by atoms with Gasteiger partial charge in [-0.1, -0.05) is 0 Å². The molecule has 2 N–H and O–H groups in total. The molecule has 2 aliphatic rings. The first-order valence-corrected chi connectivity index (χ1v) is 10.4. The molecule has 0 radical (unpaired) electrons. The van der Waals surface area contributed by atoms with Crippen molar-refractivity contribution in [1.29, 1.82) is 0 Å². The number of rotatable bonds is 2. The van der Waals surface area contributed by atoms with E-state index in [-0.39, 0.29) is 30.2 Å². The molecular formula is C21H22N4O4S. The fourth-order valence-electron chi connectivity index (χ4n) is 3.84. The minimum Gasteiger partial charge on any atom is -0.333 e. The first kappa shape index (κ1) is 20.1. The molecule has 0 unspecified atom stereocenters. The molecule has 0 atom stereocenters. The molecule has 0 saturated heterocycles. The SMILES string of the molecule is CC(=O)Nc1ccc(C(=O)N2CCc3c(sc4c3C(=O)N(C)CC(=O)N4)C2)cc1C. The number of nitrogens with one attached hydrogen (secondary N) is 2. The van der Waals surface area contributed by atoms with E-state index in [0.29, 0.717) is 41.3 Å². The van der Waals surface area contributed by atoms with Crippen molar-refractivity contribution in [2.45, 2.75) is 26.8 Å². The van der Waals surface area contributed by atoms with E-state index in [2.05, 4.69) is 10.6 Å². The van der Waals surface area contributed by atoms with Gasteiger partial charge in [0, 0.05) is 36.6 Å². The van der Waals surface area contributed by atoms with Gasteiger partial charge in [-0.3, -0.25) is 19.2 Å². The van der Waals surface area contributed by atoms with Crippen molar-refractivity contribution in [2.24, 2.45) is 0 Å². The fraction of sp³-hybridized carbons (Fsp3) is 0.333. The molecule has 30 heavy (non-hydrogen) atoms. The summed E-state index contributed by atoms with van der Waals surface area (Å²) in [4.78, 5) is 53.2. The molecule has 2 aromatic rings. The van der Waals surface area contributed by atoms with Gasteiger partial charge in [-0.2, -0.15) is 0 Å². The lowest BCUT2D eigenvalue weighted by Gasteiger charge is -2.28. The Morgan fingerprint density at radius 1 is 1.20 bits per heavy atom. The molecule has 156 valence electrons. The van der Waals surface area contributed by atoms with Crippen LogP contribution < -0.4 is 10.6 Å². The average Bonchev–Trinajstić information content (AvgIpc) is 2.99. The normalized spacial score (nSPS) is 15.8. The van der Waals surface area contributed by atoms with Gasteiger partial charge in [-0.15, -0.1) is 11.3 Å². The van der Waals surface area contributed by atoms with Crippen molar-refractivity contribution in [2.75, 3.05) is 30.8 Å². The third-order valence-corrected chi connectivity index (χ3v) is 6.45. The number of aryl methyl sites for hydroxylation is 1. The minimum absolute atomic E-state index is 0.0352. The summed E-state index contributed by atoms with van der Waals surface area (Å²) in [5.74, 6) is -0.643. The number of benzene rings is 1. The Bertz CT molecular complexity index is 1090. The van der Waals surface area contributed by atoms with E-state index in [1.807, 2.05) is 6.92 Å². The highest BCUT2D eigenvalue weighted by atomic mass is 32.1. The Hall–Kier alpha value is -3.20. The van der Waals surface area contributed by atoms with Crippen LogP contribution in [-0.2, 0) is 22.6 Å². The molecule has 0 fully saturated rings. The average molecular weight is 426 g/mol. The van der Waals surface area contributed by atoms with E-state index in [1.54, 1.807) is 30.1 Å². The Balaban J connectivity index is 1.58. The standard InChI is InChI=1S/C21H22N4O4S/c1-11-8-13(4-5-15(11)22-12(2)26)20(28)25-7-6-14-16(9-25)30-19-18(14)21(29)24(3)10-17(27)23-19/h4-5,8H,6-7,9-10H2,1-3H3,(H,22,26)(H,23,27). The molecule has 0 spiro atoms. The van der Waals surface area contributed by atoms with Crippen LogP contribution in [0.2, 0.25) is 0 Å². The van der Waals surface area contributed by atoms with E-state index in [9.17, 15) is 19.2 Å². The number of anilines is 2. The lowest BCUT2D eigenvalue weighted by atomic mass is 10.0. The minimum atomic E-state index is -0.217. The number of carbonyl (C=O) groups excluding carboxylic acids is 4. The van der Waals surface area contributed by atoms with E-state index >= 15 is 0 Å². The Labute approximate surface area is 177 Å². The summed E-state index contributed by atoms with van der Waals surface area (Å²) in [5.41, 5.74) is 3.53. The van der Waals surface area contributed by atoms with E-state index < -0.39 is 0 Å². The van der Waals surface area contributed by atoms with Crippen LogP contribution in [0.5, 0.6) is 0 Å². The highest BCUT2D eigenvalue weighted by Gasteiger charge is 2.34. The highest BCUT2D eigenvalue weighted by molar-refractivity contribution is 7.17. The van der Waals surface area contributed by atoms with Gasteiger partial charge in [0.2, 0.25) is 11.8 Å². The van der Waals surface area contributed by atoms with Gasteiger partial charge in [0.25, 0.3) is 11.8 Å². The number of hydrogen-bond donors (Lipinski definition) is 2. The van der Waals surface area contributed by atoms with Crippen LogP contribution in [-0.4, -0.2) is 53.6 Å². The van der Waals surface area contributed by atoms with E-state index in [1.165, 1.54) is 23.2 Å². The lowest BCUT2D eigenvalue weighted by Crippen LogP contribution is -2.36. The summed E-state index contributed by atoms with van der Waals surface area (Å²) in [7, 11) is 1.62. The van der Waals surface area contributed by atoms with Crippen molar-refractivity contribution in [1.82, 2.24) is 9.80 Å². The van der Waals surface area contributed by atoms with Gasteiger partial charge in [-0.05, 0) is 42.7 Å². The first-order valence-electron chi connectivity index (χ1n) is 9.62. The van der Waals surface area contributed by atoms with Crippen molar-refractivity contribution in [3.63, 3.8) is 0 Å². The van der Waals surface area contributed by atoms with Crippen molar-refractivity contribution in [3.8, 4) is 0 Å². The second-order valence-corrected chi connectivity index (χ2v) is 8.71. The molecular weight excluding hydrogens is 404 g/mol. The van der Waals surface area contributed by atoms with Crippen LogP contribution in [0.25, 0.3) is 0 Å². The predicted octanol–water partition coefficient (Wildman–Crippen LogP) is 2.24. The molecule has 0 aliphatic carbocycles. The van der Waals surface area contributed by atoms with E-state index in [4.69, 9.17) is 0 Å². The number of likely N-dealkylation sites (N-methyl/N-ethyl adjacent to an activating group) is 1. The van der Waals surface area contributed by atoms with Gasteiger partial charge < -0.3 is 20.4 Å². The monoisotopic (exact) mass is 426 g/mol. The molecule has 4 amide bonds. The first-order chi connectivity index (χ1) is 14.2. The summed E-state index contributed by atoms with van der Waals surface area (Å²) in [6, 6.07) is 5.21. The second-order valence-electron chi connectivity index (χ2n) is 7.60. The molecule has 9 heteroatoms. The van der Waals surface area contributed by atoms with Crippen LogP contribution in [0, 0.1) is 6.92 Å². The number of thiophene rings is 1. The Kier molecular flexibility index (Phi) is 5.07. The van der Waals surface area contributed by atoms with Crippen LogP contribution in [0.3, 0.4) is 0 Å². The Morgan fingerprint density at radius 3 is 2.67 bits per heavy atom. The number of carbonyl (C=O) groups is 4. The topological polar surface area (TPSA) is 98.8 Å². The molecule has 0 bridgehead atoms. The zero-order chi connectivity index (χ0) is 21.6. The summed E-state index contributed by atoms with van der Waals surface area (Å²) < 4.78 is 0. The third-order valence-electron chi connectivity index (χ3n) is 5.32. The maximum atomic E-state index is 13.1.